The number of ether oxygens (including phenoxy) is 1. The highest BCUT2D eigenvalue weighted by atomic mass is 32.2. The van der Waals surface area contributed by atoms with Crippen molar-refractivity contribution in [1.82, 2.24) is 14.9 Å². The van der Waals surface area contributed by atoms with Crippen LogP contribution in [0.1, 0.15) is 21.7 Å². The quantitative estimate of drug-likeness (QED) is 0.206. The standard InChI is InChI=1S/C34H30F2N4O5S/c1-18-7-9-20(10-8-18)33-31(34(41)37-3)26-16-25(27(17-29(26)45-33)39(4)46(6,42)43)21-11-28-32(30(12-21)44-5)38-19(2)40(28)24-14-22(35)13-23(36)15-24/h7-17H,1-6H3,(H,37,41). The first-order valence-electron chi connectivity index (χ1n) is 14.2. The summed E-state index contributed by atoms with van der Waals surface area (Å²) in [6.45, 7) is 3.65. The molecule has 2 heterocycles. The van der Waals surface area contributed by atoms with Crippen LogP contribution in [-0.2, 0) is 10.0 Å². The molecule has 6 aromatic rings. The third-order valence-corrected chi connectivity index (χ3v) is 9.13. The predicted molar refractivity (Wildman–Crippen MR) is 174 cm³/mol. The molecule has 0 saturated carbocycles. The number of carbonyl (C=O) groups is 1. The largest absolute Gasteiger partial charge is 0.494 e. The van der Waals surface area contributed by atoms with Crippen molar-refractivity contribution >= 4 is 43.6 Å². The van der Waals surface area contributed by atoms with Crippen LogP contribution in [0.15, 0.2) is 71.1 Å². The number of hydrogen-bond acceptors (Lipinski definition) is 6. The van der Waals surface area contributed by atoms with Crippen LogP contribution in [0.2, 0.25) is 0 Å². The molecule has 0 aliphatic heterocycles. The molecule has 0 aliphatic carbocycles. The lowest BCUT2D eigenvalue weighted by molar-refractivity contribution is 0.0964. The van der Waals surface area contributed by atoms with Crippen molar-refractivity contribution in [2.45, 2.75) is 13.8 Å². The van der Waals surface area contributed by atoms with Gasteiger partial charge >= 0.3 is 0 Å². The van der Waals surface area contributed by atoms with E-state index in [-0.39, 0.29) is 22.8 Å². The van der Waals surface area contributed by atoms with E-state index in [1.165, 1.54) is 33.3 Å². The van der Waals surface area contributed by atoms with E-state index in [1.807, 2.05) is 31.2 Å². The number of imidazole rings is 1. The maximum Gasteiger partial charge on any atom is 0.255 e. The SMILES string of the molecule is CNC(=O)c1c(-c2ccc(C)cc2)oc2cc(N(C)S(C)(=O)=O)c(-c3cc(OC)c4nc(C)n(-c5cc(F)cc(F)c5)c4c3)cc12. The van der Waals surface area contributed by atoms with Gasteiger partial charge in [0.1, 0.15) is 40.1 Å². The van der Waals surface area contributed by atoms with E-state index in [2.05, 4.69) is 10.3 Å². The predicted octanol–water partition coefficient (Wildman–Crippen LogP) is 6.76. The van der Waals surface area contributed by atoms with Gasteiger partial charge in [-0.1, -0.05) is 29.8 Å². The topological polar surface area (TPSA) is 107 Å². The Morgan fingerprint density at radius 2 is 1.65 bits per heavy atom. The maximum atomic E-state index is 14.3. The second-order valence-electron chi connectivity index (χ2n) is 11.0. The van der Waals surface area contributed by atoms with Crippen LogP contribution in [0.4, 0.5) is 14.5 Å². The number of fused-ring (bicyclic) bond motifs is 2. The van der Waals surface area contributed by atoms with Crippen LogP contribution in [0.5, 0.6) is 5.75 Å². The van der Waals surface area contributed by atoms with Crippen molar-refractivity contribution in [1.29, 1.82) is 0 Å². The van der Waals surface area contributed by atoms with E-state index in [1.54, 1.807) is 35.8 Å². The summed E-state index contributed by atoms with van der Waals surface area (Å²) in [7, 11) is 0.635. The van der Waals surface area contributed by atoms with E-state index < -0.39 is 21.7 Å². The van der Waals surface area contributed by atoms with Gasteiger partial charge in [-0.25, -0.2) is 22.2 Å². The molecule has 0 atom stereocenters. The molecule has 1 amide bonds. The summed E-state index contributed by atoms with van der Waals surface area (Å²) in [4.78, 5) is 18.0. The Hall–Kier alpha value is -5.23. The molecule has 9 nitrogen and oxygen atoms in total. The highest BCUT2D eigenvalue weighted by Crippen LogP contribution is 2.43. The molecule has 0 unspecified atom stereocenters. The number of hydrogen-bond donors (Lipinski definition) is 1. The van der Waals surface area contributed by atoms with Crippen LogP contribution < -0.4 is 14.4 Å². The minimum absolute atomic E-state index is 0.208. The normalized spacial score (nSPS) is 11.7. The molecule has 0 bridgehead atoms. The zero-order valence-electron chi connectivity index (χ0n) is 25.9. The van der Waals surface area contributed by atoms with E-state index >= 15 is 0 Å². The molecule has 0 aliphatic rings. The number of amides is 1. The minimum atomic E-state index is -3.77. The minimum Gasteiger partial charge on any atom is -0.494 e. The van der Waals surface area contributed by atoms with Gasteiger partial charge in [-0.05, 0) is 49.7 Å². The number of rotatable bonds is 7. The van der Waals surface area contributed by atoms with Gasteiger partial charge < -0.3 is 14.5 Å². The third-order valence-electron chi connectivity index (χ3n) is 7.94. The lowest BCUT2D eigenvalue weighted by atomic mass is 9.97. The molecule has 0 saturated heterocycles. The van der Waals surface area contributed by atoms with Gasteiger partial charge in [0.05, 0.1) is 35.8 Å². The van der Waals surface area contributed by atoms with Crippen molar-refractivity contribution in [3.05, 3.63) is 95.3 Å². The van der Waals surface area contributed by atoms with E-state index in [4.69, 9.17) is 9.15 Å². The Balaban J connectivity index is 1.70. The Kier molecular flexibility index (Phi) is 7.55. The number of methoxy groups -OCH3 is 1. The second-order valence-corrected chi connectivity index (χ2v) is 13.0. The van der Waals surface area contributed by atoms with Gasteiger partial charge in [-0.3, -0.25) is 13.7 Å². The second kappa shape index (κ2) is 11.3. The zero-order chi connectivity index (χ0) is 33.1. The summed E-state index contributed by atoms with van der Waals surface area (Å²) >= 11 is 0. The number of aromatic nitrogens is 2. The van der Waals surface area contributed by atoms with Crippen LogP contribution in [0.3, 0.4) is 0 Å². The lowest BCUT2D eigenvalue weighted by Crippen LogP contribution is -2.25. The summed E-state index contributed by atoms with van der Waals surface area (Å²) in [5.41, 5.74) is 4.57. The van der Waals surface area contributed by atoms with Gasteiger partial charge in [-0.2, -0.15) is 0 Å². The number of nitrogens with one attached hydrogen (secondary N) is 1. The molecule has 12 heteroatoms. The van der Waals surface area contributed by atoms with Crippen LogP contribution in [0.25, 0.3) is 50.1 Å². The van der Waals surface area contributed by atoms with Crippen LogP contribution in [0, 0.1) is 25.5 Å². The maximum absolute atomic E-state index is 14.3. The van der Waals surface area contributed by atoms with Gasteiger partial charge in [0.25, 0.3) is 5.91 Å². The molecule has 2 aromatic heterocycles. The first-order chi connectivity index (χ1) is 21.8. The fourth-order valence-corrected chi connectivity index (χ4v) is 6.14. The molecule has 0 radical (unpaired) electrons. The van der Waals surface area contributed by atoms with Gasteiger partial charge in [0.2, 0.25) is 10.0 Å². The van der Waals surface area contributed by atoms with Crippen molar-refractivity contribution in [2.24, 2.45) is 0 Å². The number of furan rings is 1. The molecule has 236 valence electrons. The number of halogens is 2. The Morgan fingerprint density at radius 1 is 0.978 bits per heavy atom. The average molecular weight is 645 g/mol. The van der Waals surface area contributed by atoms with Gasteiger partial charge in [0.15, 0.2) is 0 Å². The zero-order valence-corrected chi connectivity index (χ0v) is 26.7. The van der Waals surface area contributed by atoms with Crippen LogP contribution in [-0.4, -0.2) is 51.3 Å². The summed E-state index contributed by atoms with van der Waals surface area (Å²) < 4.78 is 69.1. The van der Waals surface area contributed by atoms with Crippen molar-refractivity contribution in [3.8, 4) is 33.9 Å². The fourth-order valence-electron chi connectivity index (χ4n) is 5.63. The molecular weight excluding hydrogens is 614 g/mol. The van der Waals surface area contributed by atoms with E-state index in [0.717, 1.165) is 22.2 Å². The first-order valence-corrected chi connectivity index (χ1v) is 16.0. The molecule has 46 heavy (non-hydrogen) atoms. The lowest BCUT2D eigenvalue weighted by Gasteiger charge is -2.21. The smallest absolute Gasteiger partial charge is 0.255 e. The van der Waals surface area contributed by atoms with Crippen molar-refractivity contribution in [3.63, 3.8) is 0 Å². The van der Waals surface area contributed by atoms with E-state index in [0.29, 0.717) is 56.0 Å². The van der Waals surface area contributed by atoms with E-state index in [9.17, 15) is 22.0 Å². The van der Waals surface area contributed by atoms with Gasteiger partial charge in [-0.15, -0.1) is 0 Å². The summed E-state index contributed by atoms with van der Waals surface area (Å²) in [6, 6.07) is 17.4. The monoisotopic (exact) mass is 644 g/mol. The number of anilines is 1. The average Bonchev–Trinajstić information content (AvgIpc) is 3.55. The molecule has 6 rings (SSSR count). The highest BCUT2D eigenvalue weighted by molar-refractivity contribution is 7.92. The number of aryl methyl sites for hydroxylation is 2. The van der Waals surface area contributed by atoms with Crippen LogP contribution >= 0.6 is 0 Å². The number of benzene rings is 4. The Labute approximate surface area is 264 Å². The molecule has 4 aromatic carbocycles. The summed E-state index contributed by atoms with van der Waals surface area (Å²) in [5, 5.41) is 3.13. The molecule has 1 N–H and O–H groups in total. The van der Waals surface area contributed by atoms with Gasteiger partial charge in [0, 0.05) is 42.7 Å². The summed E-state index contributed by atoms with van der Waals surface area (Å²) in [6.07, 6.45) is 1.08. The highest BCUT2D eigenvalue weighted by Gasteiger charge is 2.27. The fraction of sp³-hybridized carbons (Fsp3) is 0.176. The number of sulfonamides is 1. The molecule has 0 spiro atoms. The molecule has 0 fully saturated rings. The van der Waals surface area contributed by atoms with Crippen molar-refractivity contribution in [2.75, 3.05) is 31.8 Å². The molecular formula is C34H30F2N4O5S. The summed E-state index contributed by atoms with van der Waals surface area (Å²) in [5.74, 6) is -0.785. The number of nitrogens with zero attached hydrogens (tertiary/aromatic N) is 3. The number of carbonyl (C=O) groups excluding carboxylic acids is 1. The Morgan fingerprint density at radius 3 is 2.26 bits per heavy atom. The third kappa shape index (κ3) is 5.24. The Bertz CT molecular complexity index is 2270. The first kappa shape index (κ1) is 30.8. The van der Waals surface area contributed by atoms with Crippen molar-refractivity contribution < 1.29 is 31.1 Å².